The molecule has 67 heavy (non-hydrogen) atoms. The lowest BCUT2D eigenvalue weighted by molar-refractivity contribution is -0.138. The predicted octanol–water partition coefficient (Wildman–Crippen LogP) is 16.7. The number of nitrogens with zero attached hydrogens (tertiary/aromatic N) is 3. The van der Waals surface area contributed by atoms with E-state index in [1.807, 2.05) is 45.5 Å². The second-order valence-electron chi connectivity index (χ2n) is 16.9. The van der Waals surface area contributed by atoms with E-state index >= 15 is 0 Å². The quantitative estimate of drug-likeness (QED) is 0.158. The number of benzene rings is 8. The normalized spacial score (nSPS) is 12.5. The van der Waals surface area contributed by atoms with Gasteiger partial charge < -0.3 is 9.13 Å². The lowest BCUT2D eigenvalue weighted by Gasteiger charge is -2.22. The molecule has 332 valence electrons. The molecule has 0 aliphatic heterocycles. The van der Waals surface area contributed by atoms with Crippen molar-refractivity contribution in [1.82, 2.24) is 9.13 Å². The van der Waals surface area contributed by atoms with Crippen LogP contribution in [0.5, 0.6) is 0 Å². The van der Waals surface area contributed by atoms with Crippen LogP contribution in [0.4, 0.5) is 39.5 Å². The zero-order chi connectivity index (χ0) is 47.3. The molecule has 12 heteroatoms. The van der Waals surface area contributed by atoms with Gasteiger partial charge in [-0.25, -0.2) is 0 Å². The Kier molecular flexibility index (Phi) is 9.92. The third kappa shape index (κ3) is 7.54. The van der Waals surface area contributed by atoms with Crippen LogP contribution in [0.1, 0.15) is 38.9 Å². The third-order valence-corrected chi connectivity index (χ3v) is 12.2. The molecule has 0 spiro atoms. The largest absolute Gasteiger partial charge is 0.416 e. The minimum atomic E-state index is -4.73. The molecule has 0 saturated carbocycles. The summed E-state index contributed by atoms with van der Waals surface area (Å²) in [5, 5.41) is 13.4. The summed E-state index contributed by atoms with van der Waals surface area (Å²) in [6.07, 6.45) is -13.9. The second kappa shape index (κ2) is 15.4. The number of alkyl halides is 9. The summed E-state index contributed by atoms with van der Waals surface area (Å²) in [6, 6.07) is 42.1. The fourth-order valence-electron chi connectivity index (χ4n) is 9.47. The van der Waals surface area contributed by atoms with E-state index in [0.29, 0.717) is 99.5 Å². The second-order valence-corrected chi connectivity index (χ2v) is 16.9. The molecule has 0 amide bonds. The lowest BCUT2D eigenvalue weighted by atomic mass is 9.94. The Labute approximate surface area is 377 Å². The van der Waals surface area contributed by atoms with Gasteiger partial charge in [0.2, 0.25) is 0 Å². The van der Waals surface area contributed by atoms with Crippen molar-refractivity contribution in [3.05, 3.63) is 191 Å². The third-order valence-electron chi connectivity index (χ3n) is 12.2. The average Bonchev–Trinajstić information content (AvgIpc) is 3.79. The van der Waals surface area contributed by atoms with Gasteiger partial charge in [0.25, 0.3) is 0 Å². The number of nitriles is 1. The number of fused-ring (bicyclic) bond motifs is 6. The van der Waals surface area contributed by atoms with Gasteiger partial charge in [0.15, 0.2) is 0 Å². The molecule has 10 rings (SSSR count). The average molecular weight is 908 g/mol. The van der Waals surface area contributed by atoms with Crippen molar-refractivity contribution in [2.24, 2.45) is 0 Å². The standard InChI is InChI=1S/C55H34F9N3/c1-30-16-36(24-39(19-30)53(56,57)58)34-12-14-48-44(27-34)42-8-4-6-10-46(42)66(48)50-22-33(29-65)23-51(52(50)38-18-32(3)21-41(26-38)55(62,63)64)67-47-11-7-5-9-43(47)45-28-35(13-15-49(45)67)37-17-31(2)20-40(25-37)54(59,60)61/h4-28H,1-3H3. The molecule has 8 aromatic carbocycles. The molecule has 0 aliphatic carbocycles. The van der Waals surface area contributed by atoms with Gasteiger partial charge in [-0.1, -0.05) is 66.7 Å². The first-order valence-corrected chi connectivity index (χ1v) is 21.0. The number of aromatic nitrogens is 2. The van der Waals surface area contributed by atoms with Gasteiger partial charge in [-0.15, -0.1) is 0 Å². The Morgan fingerprint density at radius 1 is 0.373 bits per heavy atom. The lowest BCUT2D eigenvalue weighted by Crippen LogP contribution is -2.08. The fraction of sp³-hybridized carbons (Fsp3) is 0.109. The molecule has 10 aromatic rings. The fourth-order valence-corrected chi connectivity index (χ4v) is 9.47. The van der Waals surface area contributed by atoms with E-state index in [0.717, 1.165) is 36.4 Å². The van der Waals surface area contributed by atoms with E-state index < -0.39 is 35.2 Å². The minimum absolute atomic E-state index is 0.168. The van der Waals surface area contributed by atoms with Gasteiger partial charge in [0.1, 0.15) is 0 Å². The summed E-state index contributed by atoms with van der Waals surface area (Å²) in [7, 11) is 0. The van der Waals surface area contributed by atoms with E-state index in [-0.39, 0.29) is 11.1 Å². The molecule has 0 atom stereocenters. The highest BCUT2D eigenvalue weighted by Gasteiger charge is 2.34. The Balaban J connectivity index is 1.30. The van der Waals surface area contributed by atoms with Crippen molar-refractivity contribution in [2.75, 3.05) is 0 Å². The first-order valence-electron chi connectivity index (χ1n) is 21.0. The van der Waals surface area contributed by atoms with Crippen molar-refractivity contribution in [3.8, 4) is 50.8 Å². The molecular formula is C55H34F9N3. The maximum absolute atomic E-state index is 14.8. The van der Waals surface area contributed by atoms with Crippen molar-refractivity contribution >= 4 is 43.6 Å². The molecule has 2 aromatic heterocycles. The number of halogens is 9. The van der Waals surface area contributed by atoms with Gasteiger partial charge in [-0.05, 0) is 150 Å². The number of aryl methyl sites for hydroxylation is 3. The summed E-state index contributed by atoms with van der Waals surface area (Å²) >= 11 is 0. The van der Waals surface area contributed by atoms with Crippen LogP contribution in [0.2, 0.25) is 0 Å². The Hall–Kier alpha value is -7.78. The van der Waals surface area contributed by atoms with Crippen LogP contribution in [-0.2, 0) is 18.5 Å². The molecule has 3 nitrogen and oxygen atoms in total. The van der Waals surface area contributed by atoms with Gasteiger partial charge in [-0.2, -0.15) is 44.8 Å². The molecule has 0 unspecified atom stereocenters. The Bertz CT molecular complexity index is 3510. The molecule has 0 N–H and O–H groups in total. The summed E-state index contributed by atoms with van der Waals surface area (Å²) in [5.41, 5.74) is 4.14. The zero-order valence-corrected chi connectivity index (χ0v) is 35.7. The van der Waals surface area contributed by atoms with Gasteiger partial charge in [0.05, 0.1) is 61.8 Å². The van der Waals surface area contributed by atoms with Crippen LogP contribution in [0.25, 0.3) is 88.4 Å². The van der Waals surface area contributed by atoms with Crippen LogP contribution >= 0.6 is 0 Å². The van der Waals surface area contributed by atoms with E-state index in [9.17, 15) is 44.8 Å². The van der Waals surface area contributed by atoms with Gasteiger partial charge in [-0.3, -0.25) is 0 Å². The van der Waals surface area contributed by atoms with E-state index in [1.165, 1.54) is 0 Å². The summed E-state index contributed by atoms with van der Waals surface area (Å²) in [4.78, 5) is 0. The van der Waals surface area contributed by atoms with Gasteiger partial charge >= 0.3 is 18.5 Å². The van der Waals surface area contributed by atoms with Crippen molar-refractivity contribution in [1.29, 1.82) is 5.26 Å². The molecular weight excluding hydrogens is 874 g/mol. The smallest absolute Gasteiger partial charge is 0.308 e. The highest BCUT2D eigenvalue weighted by molar-refractivity contribution is 6.13. The topological polar surface area (TPSA) is 33.6 Å². The molecule has 0 bridgehead atoms. The molecule has 2 heterocycles. The molecule has 0 fully saturated rings. The number of para-hydroxylation sites is 2. The molecule has 0 saturated heterocycles. The Morgan fingerprint density at radius 3 is 1.12 bits per heavy atom. The van der Waals surface area contributed by atoms with Crippen molar-refractivity contribution in [3.63, 3.8) is 0 Å². The summed E-state index contributed by atoms with van der Waals surface area (Å²) < 4.78 is 132. The molecule has 0 radical (unpaired) electrons. The highest BCUT2D eigenvalue weighted by Crippen LogP contribution is 2.46. The Morgan fingerprint density at radius 2 is 0.731 bits per heavy atom. The highest BCUT2D eigenvalue weighted by atomic mass is 19.4. The predicted molar refractivity (Wildman–Crippen MR) is 245 cm³/mol. The van der Waals surface area contributed by atoms with Crippen molar-refractivity contribution in [2.45, 2.75) is 39.3 Å². The maximum atomic E-state index is 14.8. The number of hydrogen-bond donors (Lipinski definition) is 0. The minimum Gasteiger partial charge on any atom is -0.308 e. The van der Waals surface area contributed by atoms with Crippen molar-refractivity contribution < 1.29 is 39.5 Å². The van der Waals surface area contributed by atoms with E-state index in [2.05, 4.69) is 6.07 Å². The number of rotatable bonds is 5. The summed E-state index contributed by atoms with van der Waals surface area (Å²) in [6.45, 7) is 4.75. The summed E-state index contributed by atoms with van der Waals surface area (Å²) in [5.74, 6) is 0. The number of hydrogen-bond acceptors (Lipinski definition) is 1. The van der Waals surface area contributed by atoms with E-state index in [1.54, 1.807) is 99.6 Å². The zero-order valence-electron chi connectivity index (χ0n) is 35.7. The SMILES string of the molecule is Cc1cc(-c2ccc3c(c2)c2ccccc2n3-c2cc(C#N)cc(-n3c4ccccc4c4cc(-c5cc(C)cc(C(F)(F)F)c5)ccc43)c2-c2cc(C)cc(C(F)(F)F)c2)cc(C(F)(F)F)c1. The van der Waals surface area contributed by atoms with Crippen LogP contribution in [-0.4, -0.2) is 9.13 Å². The van der Waals surface area contributed by atoms with E-state index in [4.69, 9.17) is 0 Å². The van der Waals surface area contributed by atoms with Crippen LogP contribution < -0.4 is 0 Å². The first kappa shape index (κ1) is 43.1. The van der Waals surface area contributed by atoms with Crippen LogP contribution in [0, 0.1) is 32.1 Å². The monoisotopic (exact) mass is 907 g/mol. The maximum Gasteiger partial charge on any atom is 0.416 e. The van der Waals surface area contributed by atoms with Gasteiger partial charge in [0, 0.05) is 27.1 Å². The van der Waals surface area contributed by atoms with Crippen LogP contribution in [0.3, 0.4) is 0 Å². The molecule has 0 aliphatic rings. The first-order chi connectivity index (χ1) is 31.8. The van der Waals surface area contributed by atoms with Crippen LogP contribution in [0.15, 0.2) is 152 Å².